The number of amides is 1. The Morgan fingerprint density at radius 2 is 2.18 bits per heavy atom. The van der Waals surface area contributed by atoms with Crippen molar-refractivity contribution in [2.24, 2.45) is 12.0 Å². The maximum Gasteiger partial charge on any atom is 0.276 e. The van der Waals surface area contributed by atoms with Crippen LogP contribution in [0.4, 0.5) is 5.69 Å². The molecule has 0 aliphatic heterocycles. The van der Waals surface area contributed by atoms with Crippen LogP contribution in [-0.4, -0.2) is 20.9 Å². The Kier molecular flexibility index (Phi) is 7.77. The van der Waals surface area contributed by atoms with Gasteiger partial charge in [0.1, 0.15) is 11.0 Å². The Labute approximate surface area is 170 Å². The number of nitrogens with one attached hydrogen (secondary N) is 2. The highest BCUT2D eigenvalue weighted by atomic mass is 35.5. The number of aryl methyl sites for hydroxylation is 1. The zero-order chi connectivity index (χ0) is 20.5. The minimum absolute atomic E-state index is 0.0468. The van der Waals surface area contributed by atoms with Gasteiger partial charge in [-0.1, -0.05) is 42.5 Å². The smallest absolute Gasteiger partial charge is 0.276 e. The van der Waals surface area contributed by atoms with Crippen molar-refractivity contribution in [1.29, 1.82) is 0 Å². The van der Waals surface area contributed by atoms with Crippen LogP contribution >= 0.6 is 11.6 Å². The lowest BCUT2D eigenvalue weighted by atomic mass is 10.1. The van der Waals surface area contributed by atoms with Gasteiger partial charge in [0.05, 0.1) is 6.04 Å². The molecule has 2 N–H and O–H groups in total. The minimum Gasteiger partial charge on any atom is -0.364 e. The number of nitrogens with zero attached hydrogens (tertiary/aromatic N) is 3. The van der Waals surface area contributed by atoms with Crippen LogP contribution in [0, 0.1) is 0 Å². The summed E-state index contributed by atoms with van der Waals surface area (Å²) in [6.07, 6.45) is 8.58. The molecule has 0 unspecified atom stereocenters. The second-order valence-corrected chi connectivity index (χ2v) is 6.41. The topological polar surface area (TPSA) is 71.3 Å². The lowest BCUT2D eigenvalue weighted by Crippen LogP contribution is -2.18. The summed E-state index contributed by atoms with van der Waals surface area (Å²) in [5.74, 6) is 0.395. The zero-order valence-electron chi connectivity index (χ0n) is 16.2. The number of allylic oxidation sites excluding steroid dienone is 4. The molecule has 2 aromatic rings. The van der Waals surface area contributed by atoms with E-state index in [4.69, 9.17) is 11.6 Å². The van der Waals surface area contributed by atoms with Crippen LogP contribution in [0.25, 0.3) is 0 Å². The van der Waals surface area contributed by atoms with Gasteiger partial charge < -0.3 is 10.6 Å². The van der Waals surface area contributed by atoms with Gasteiger partial charge in [-0.05, 0) is 49.8 Å². The van der Waals surface area contributed by atoms with Gasteiger partial charge in [-0.15, -0.1) is 0 Å². The van der Waals surface area contributed by atoms with Crippen LogP contribution in [0.15, 0.2) is 78.2 Å². The number of benzene rings is 1. The van der Waals surface area contributed by atoms with Gasteiger partial charge in [0, 0.05) is 18.9 Å². The van der Waals surface area contributed by atoms with E-state index in [0.717, 1.165) is 5.56 Å². The van der Waals surface area contributed by atoms with Crippen LogP contribution in [0.3, 0.4) is 0 Å². The summed E-state index contributed by atoms with van der Waals surface area (Å²) in [6, 6.07) is 9.24. The summed E-state index contributed by atoms with van der Waals surface area (Å²) < 4.78 is 1.59. The number of anilines is 1. The van der Waals surface area contributed by atoms with E-state index in [0.29, 0.717) is 22.4 Å². The Balaban J connectivity index is 2.08. The van der Waals surface area contributed by atoms with Crippen LogP contribution < -0.4 is 10.6 Å². The highest BCUT2D eigenvalue weighted by molar-refractivity contribution is 6.68. The Morgan fingerprint density at radius 1 is 1.39 bits per heavy atom. The number of aromatic nitrogens is 2. The molecule has 6 nitrogen and oxygen atoms in total. The summed E-state index contributed by atoms with van der Waals surface area (Å²) in [5.41, 5.74) is 2.05. The Morgan fingerprint density at radius 3 is 2.82 bits per heavy atom. The number of carbonyl (C=O) groups excluding carboxylic acids is 1. The van der Waals surface area contributed by atoms with Crippen molar-refractivity contribution in [3.05, 3.63) is 84.5 Å². The molecule has 0 fully saturated rings. The Bertz CT molecular complexity index is 926. The van der Waals surface area contributed by atoms with E-state index in [1.807, 2.05) is 44.2 Å². The average Bonchev–Trinajstić information content (AvgIpc) is 3.12. The molecule has 0 bridgehead atoms. The molecule has 1 atom stereocenters. The Hall–Kier alpha value is -3.12. The second kappa shape index (κ2) is 10.3. The van der Waals surface area contributed by atoms with Crippen molar-refractivity contribution in [3.8, 4) is 0 Å². The third-order valence-corrected chi connectivity index (χ3v) is 4.04. The highest BCUT2D eigenvalue weighted by Gasteiger charge is 2.11. The quantitative estimate of drug-likeness (QED) is 0.506. The molecular weight excluding hydrogens is 374 g/mol. The van der Waals surface area contributed by atoms with Crippen molar-refractivity contribution in [1.82, 2.24) is 15.1 Å². The zero-order valence-corrected chi connectivity index (χ0v) is 16.9. The van der Waals surface area contributed by atoms with Gasteiger partial charge in [0.2, 0.25) is 0 Å². The third-order valence-electron chi connectivity index (χ3n) is 3.83. The monoisotopic (exact) mass is 397 g/mol. The third kappa shape index (κ3) is 6.25. The van der Waals surface area contributed by atoms with Crippen LogP contribution in [0.2, 0.25) is 0 Å². The van der Waals surface area contributed by atoms with E-state index in [-0.39, 0.29) is 11.9 Å². The molecule has 1 aromatic heterocycles. The molecule has 1 heterocycles. The SMILES string of the molecule is C=C/C=C/C(Cl)=N\C(=C/C)N[C@@H](C)c1cccc(NC(=O)c2ccn(C)n2)c1. The molecule has 0 saturated carbocycles. The van der Waals surface area contributed by atoms with Gasteiger partial charge in [0.25, 0.3) is 5.91 Å². The van der Waals surface area contributed by atoms with Crippen LogP contribution in [-0.2, 0) is 7.05 Å². The number of carbonyl (C=O) groups is 1. The van der Waals surface area contributed by atoms with Gasteiger partial charge in [-0.3, -0.25) is 9.48 Å². The van der Waals surface area contributed by atoms with Crippen molar-refractivity contribution in [2.45, 2.75) is 19.9 Å². The second-order valence-electron chi connectivity index (χ2n) is 6.02. The molecule has 0 saturated heterocycles. The molecule has 0 spiro atoms. The fraction of sp³-hybridized carbons (Fsp3) is 0.190. The maximum atomic E-state index is 12.3. The van der Waals surface area contributed by atoms with Crippen LogP contribution in [0.1, 0.15) is 35.9 Å². The first-order chi connectivity index (χ1) is 13.4. The number of rotatable bonds is 8. The van der Waals surface area contributed by atoms with Gasteiger partial charge in [0.15, 0.2) is 5.69 Å². The molecule has 1 aromatic carbocycles. The summed E-state index contributed by atoms with van der Waals surface area (Å²) >= 11 is 6.08. The summed E-state index contributed by atoms with van der Waals surface area (Å²) in [4.78, 5) is 16.6. The van der Waals surface area contributed by atoms with E-state index >= 15 is 0 Å². The predicted octanol–water partition coefficient (Wildman–Crippen LogP) is 4.56. The summed E-state index contributed by atoms with van der Waals surface area (Å²) in [5, 5.41) is 10.6. The molecule has 2 rings (SSSR count). The number of aliphatic imine (C=N–C) groups is 1. The molecule has 28 heavy (non-hydrogen) atoms. The van der Waals surface area contributed by atoms with Gasteiger partial charge in [-0.2, -0.15) is 5.10 Å². The van der Waals surface area contributed by atoms with Crippen molar-refractivity contribution >= 4 is 28.4 Å². The normalized spacial score (nSPS) is 13.4. The molecule has 0 radical (unpaired) electrons. The standard InChI is InChI=1S/C21H24ClN5O/c1-5-7-11-19(22)25-20(6-2)23-15(3)16-9-8-10-17(14-16)24-21(28)18-12-13-27(4)26-18/h5-15,23H,1H2,2-4H3,(H,24,28)/b11-7+,20-6-,25-19+/t15-/m0/s1. The molecular formula is C21H24ClN5O. The van der Waals surface area contributed by atoms with E-state index < -0.39 is 0 Å². The van der Waals surface area contributed by atoms with Gasteiger partial charge >= 0.3 is 0 Å². The van der Waals surface area contributed by atoms with Crippen LogP contribution in [0.5, 0.6) is 0 Å². The number of hydrogen-bond acceptors (Lipinski definition) is 4. The number of hydrogen-bond donors (Lipinski definition) is 2. The van der Waals surface area contributed by atoms with Crippen molar-refractivity contribution in [2.75, 3.05) is 5.32 Å². The fourth-order valence-corrected chi connectivity index (χ4v) is 2.57. The molecule has 0 aliphatic carbocycles. The van der Waals surface area contributed by atoms with E-state index in [1.165, 1.54) is 0 Å². The largest absolute Gasteiger partial charge is 0.364 e. The minimum atomic E-state index is -0.252. The van der Waals surface area contributed by atoms with Gasteiger partial charge in [-0.25, -0.2) is 4.99 Å². The first-order valence-corrected chi connectivity index (χ1v) is 9.17. The van der Waals surface area contributed by atoms with Crippen molar-refractivity contribution in [3.63, 3.8) is 0 Å². The first-order valence-electron chi connectivity index (χ1n) is 8.80. The van der Waals surface area contributed by atoms with E-state index in [1.54, 1.807) is 42.2 Å². The average molecular weight is 398 g/mol. The molecule has 0 aliphatic rings. The lowest BCUT2D eigenvalue weighted by molar-refractivity contribution is 0.102. The molecule has 146 valence electrons. The summed E-state index contributed by atoms with van der Waals surface area (Å²) in [7, 11) is 1.77. The predicted molar refractivity (Wildman–Crippen MR) is 116 cm³/mol. The van der Waals surface area contributed by atoms with E-state index in [2.05, 4.69) is 27.3 Å². The van der Waals surface area contributed by atoms with Crippen molar-refractivity contribution < 1.29 is 4.79 Å². The molecule has 7 heteroatoms. The highest BCUT2D eigenvalue weighted by Crippen LogP contribution is 2.19. The van der Waals surface area contributed by atoms with E-state index in [9.17, 15) is 4.79 Å². The fourth-order valence-electron chi connectivity index (χ4n) is 2.40. The first kappa shape index (κ1) is 21.2. The lowest BCUT2D eigenvalue weighted by Gasteiger charge is -2.17. The number of halogens is 1. The summed E-state index contributed by atoms with van der Waals surface area (Å²) in [6.45, 7) is 7.49. The maximum absolute atomic E-state index is 12.3. The molecule has 1 amide bonds.